The molecule has 0 amide bonds. The van der Waals surface area contributed by atoms with E-state index in [1.165, 1.54) is 0 Å². The monoisotopic (exact) mass is 702 g/mol. The summed E-state index contributed by atoms with van der Waals surface area (Å²) in [6.45, 7) is 15.6. The molecule has 3 aliphatic carbocycles. The maximum absolute atomic E-state index is 14.3. The minimum atomic E-state index is -5.95. The van der Waals surface area contributed by atoms with E-state index >= 15 is 0 Å². The molecule has 47 heavy (non-hydrogen) atoms. The minimum Gasteiger partial charge on any atom is -0.540 e. The third-order valence-electron chi connectivity index (χ3n) is 13.0. The number of alkyl halides is 3. The number of piperidine rings is 1. The number of likely N-dealkylation sites (tertiary alicyclic amines) is 1. The summed E-state index contributed by atoms with van der Waals surface area (Å²) in [4.78, 5) is 0. The molecule has 3 unspecified atom stereocenters. The van der Waals surface area contributed by atoms with Crippen LogP contribution < -0.4 is 9.16 Å². The van der Waals surface area contributed by atoms with Crippen LogP contribution in [-0.2, 0) is 35.6 Å². The van der Waals surface area contributed by atoms with E-state index in [9.17, 15) is 21.6 Å². The first-order valence-electron chi connectivity index (χ1n) is 17.5. The first kappa shape index (κ1) is 34.1. The lowest BCUT2D eigenvalue weighted by Gasteiger charge is -2.66. The lowest BCUT2D eigenvalue weighted by atomic mass is 9.47. The number of likely N-dealkylation sites (N-methyl/N-ethyl adjacent to an activating group) is 1. The van der Waals surface area contributed by atoms with Gasteiger partial charge >= 0.3 is 15.6 Å². The minimum absolute atomic E-state index is 0.131. The average molecular weight is 703 g/mol. The lowest BCUT2D eigenvalue weighted by molar-refractivity contribution is -0.950. The number of rotatable bonds is 10. The van der Waals surface area contributed by atoms with Crippen molar-refractivity contribution in [3.05, 3.63) is 23.3 Å². The van der Waals surface area contributed by atoms with E-state index < -0.39 is 53.4 Å². The van der Waals surface area contributed by atoms with Gasteiger partial charge in [0.1, 0.15) is 17.9 Å². The average Bonchev–Trinajstić information content (AvgIpc) is 3.45. The molecule has 264 valence electrons. The van der Waals surface area contributed by atoms with Crippen molar-refractivity contribution >= 4 is 18.4 Å². The van der Waals surface area contributed by atoms with Crippen molar-refractivity contribution in [1.82, 2.24) is 0 Å². The molecule has 7 rings (SSSR count). The van der Waals surface area contributed by atoms with Crippen LogP contribution in [0.15, 0.2) is 12.1 Å². The number of hydrogen-bond donors (Lipinski definition) is 0. The number of nitrogens with zero attached hydrogens (tertiary/aromatic N) is 1. The van der Waals surface area contributed by atoms with Gasteiger partial charge in [-0.2, -0.15) is 21.6 Å². The van der Waals surface area contributed by atoms with Crippen LogP contribution in [0.5, 0.6) is 11.5 Å². The number of hydrogen-bond acceptors (Lipinski definition) is 7. The summed E-state index contributed by atoms with van der Waals surface area (Å²) in [5.74, 6) is 1.31. The van der Waals surface area contributed by atoms with Gasteiger partial charge in [0.05, 0.1) is 38.8 Å². The van der Waals surface area contributed by atoms with Gasteiger partial charge in [-0.05, 0) is 53.9 Å². The van der Waals surface area contributed by atoms with E-state index in [4.69, 9.17) is 22.8 Å². The third-order valence-corrected chi connectivity index (χ3v) is 20.1. The molecule has 6 aliphatic rings. The van der Waals surface area contributed by atoms with Gasteiger partial charge in [0.2, 0.25) is 0 Å². The Balaban J connectivity index is 1.46. The summed E-state index contributed by atoms with van der Waals surface area (Å²) in [7, 11) is -6.33. The topological polar surface area (TPSA) is 80.3 Å². The van der Waals surface area contributed by atoms with Crippen LogP contribution >= 0.6 is 0 Å². The Morgan fingerprint density at radius 1 is 1.00 bits per heavy atom. The molecule has 0 aromatic heterocycles. The molecule has 0 N–H and O–H groups in total. The van der Waals surface area contributed by atoms with Crippen LogP contribution in [0.3, 0.4) is 0 Å². The van der Waals surface area contributed by atoms with Crippen LogP contribution in [0.4, 0.5) is 13.2 Å². The molecule has 4 fully saturated rings. The van der Waals surface area contributed by atoms with Crippen molar-refractivity contribution in [3.63, 3.8) is 0 Å². The molecule has 3 heterocycles. The first-order chi connectivity index (χ1) is 21.9. The molecule has 2 saturated carbocycles. The zero-order valence-corrected chi connectivity index (χ0v) is 30.5. The number of benzene rings is 1. The summed E-state index contributed by atoms with van der Waals surface area (Å²) >= 11 is 0. The van der Waals surface area contributed by atoms with Crippen LogP contribution in [0.2, 0.25) is 16.6 Å². The highest BCUT2D eigenvalue weighted by Crippen LogP contribution is 2.70. The highest BCUT2D eigenvalue weighted by atomic mass is 32.2. The van der Waals surface area contributed by atoms with Crippen molar-refractivity contribution in [1.29, 1.82) is 0 Å². The molecule has 1 spiro atoms. The second kappa shape index (κ2) is 11.1. The fourth-order valence-corrected chi connectivity index (χ4v) is 17.2. The van der Waals surface area contributed by atoms with Crippen LogP contribution in [0, 0.1) is 11.8 Å². The molecule has 1 aromatic rings. The van der Waals surface area contributed by atoms with Crippen LogP contribution in [0.1, 0.15) is 84.8 Å². The van der Waals surface area contributed by atoms with Gasteiger partial charge in [-0.1, -0.05) is 47.6 Å². The standard InChI is InChI=1S/C34H51F3NO7SSi/c1-20(2)47(21(3)4,22(5)6)44-26-11-10-24-18-27-33(45-46(39,40)34(35,36)37)13-12-25(31-41-16-17-42-31)30-32(33,28(24)29(26)43-30)14-15-38(27,7)19-23-8-9-23/h10-11,20-23,25,27,30-31H,8-9,12-19H2,1-7H3/q+1/t25?,27-,30+,32+,33?,38?/m1/s1. The van der Waals surface area contributed by atoms with E-state index in [2.05, 4.69) is 54.7 Å². The molecular formula is C34H51F3NO7SSi+. The van der Waals surface area contributed by atoms with Gasteiger partial charge in [-0.15, -0.1) is 0 Å². The van der Waals surface area contributed by atoms with E-state index in [1.54, 1.807) is 0 Å². The third kappa shape index (κ3) is 4.75. The van der Waals surface area contributed by atoms with Crippen molar-refractivity contribution in [2.45, 2.75) is 132 Å². The zero-order valence-electron chi connectivity index (χ0n) is 28.7. The Bertz CT molecular complexity index is 1490. The van der Waals surface area contributed by atoms with E-state index in [0.717, 1.165) is 30.5 Å². The van der Waals surface area contributed by atoms with Crippen LogP contribution in [-0.4, -0.2) is 84.1 Å². The quantitative estimate of drug-likeness (QED) is 0.115. The van der Waals surface area contributed by atoms with Gasteiger partial charge in [0.15, 0.2) is 17.6 Å². The second-order valence-electron chi connectivity index (χ2n) is 16.3. The van der Waals surface area contributed by atoms with Gasteiger partial charge in [0, 0.05) is 30.2 Å². The second-order valence-corrected chi connectivity index (χ2v) is 23.3. The molecule has 3 aliphatic heterocycles. The van der Waals surface area contributed by atoms with E-state index in [0.29, 0.717) is 60.9 Å². The predicted octanol–water partition coefficient (Wildman–Crippen LogP) is 6.81. The Kier molecular flexibility index (Phi) is 8.02. The van der Waals surface area contributed by atoms with Gasteiger partial charge in [-0.3, -0.25) is 0 Å². The SMILES string of the molecule is CC(C)[Si](Oc1ccc2c3c1O[C@H]1C(C4OCCO4)CCC4(OS(=O)(=O)C(F)(F)F)[C@@H](C2)[N+](C)(CC2CC2)CC[C@]314)(C(C)C)C(C)C. The highest BCUT2D eigenvalue weighted by Gasteiger charge is 2.80. The first-order valence-corrected chi connectivity index (χ1v) is 21.1. The molecule has 8 nitrogen and oxygen atoms in total. The van der Waals surface area contributed by atoms with E-state index in [1.807, 2.05) is 6.07 Å². The normalized spacial score (nSPS) is 35.5. The smallest absolute Gasteiger partial charge is 0.523 e. The maximum Gasteiger partial charge on any atom is 0.523 e. The summed E-state index contributed by atoms with van der Waals surface area (Å²) in [6, 6.07) is 3.55. The molecule has 1 aromatic carbocycles. The number of halogens is 3. The summed E-state index contributed by atoms with van der Waals surface area (Å²) in [5, 5.41) is 0. The fourth-order valence-electron chi connectivity index (χ4n) is 11.1. The Labute approximate surface area is 278 Å². The zero-order chi connectivity index (χ0) is 33.9. The van der Waals surface area contributed by atoms with Crippen molar-refractivity contribution in [2.75, 3.05) is 33.4 Å². The summed E-state index contributed by atoms with van der Waals surface area (Å²) in [6.07, 6.45) is 2.18. The Hall–Kier alpha value is -1.38. The number of ether oxygens (including phenoxy) is 3. The number of quaternary nitrogens is 1. The van der Waals surface area contributed by atoms with Crippen LogP contribution in [0.25, 0.3) is 0 Å². The van der Waals surface area contributed by atoms with Gasteiger partial charge < -0.3 is 23.1 Å². The summed E-state index contributed by atoms with van der Waals surface area (Å²) in [5.41, 5.74) is -5.77. The van der Waals surface area contributed by atoms with Crippen molar-refractivity contribution in [2.24, 2.45) is 11.8 Å². The predicted molar refractivity (Wildman–Crippen MR) is 172 cm³/mol. The molecule has 6 atom stereocenters. The largest absolute Gasteiger partial charge is 0.540 e. The molecule has 2 bridgehead atoms. The molecule has 13 heteroatoms. The van der Waals surface area contributed by atoms with E-state index in [-0.39, 0.29) is 29.0 Å². The molecule has 2 saturated heterocycles. The maximum atomic E-state index is 14.3. The summed E-state index contributed by atoms with van der Waals surface area (Å²) < 4.78 is 102. The highest BCUT2D eigenvalue weighted by molar-refractivity contribution is 7.87. The van der Waals surface area contributed by atoms with Gasteiger partial charge in [0.25, 0.3) is 8.32 Å². The Morgan fingerprint density at radius 2 is 1.64 bits per heavy atom. The Morgan fingerprint density at radius 3 is 2.21 bits per heavy atom. The van der Waals surface area contributed by atoms with Gasteiger partial charge in [-0.25, -0.2) is 4.18 Å². The molecular weight excluding hydrogens is 652 g/mol. The van der Waals surface area contributed by atoms with Crippen molar-refractivity contribution < 1.29 is 48.9 Å². The van der Waals surface area contributed by atoms with Crippen molar-refractivity contribution in [3.8, 4) is 11.5 Å². The fraction of sp³-hybridized carbons (Fsp3) is 0.824. The lowest BCUT2D eigenvalue weighted by Crippen LogP contribution is -2.82. The molecule has 0 radical (unpaired) electrons.